The second kappa shape index (κ2) is 8.85. The first kappa shape index (κ1) is 22.4. The van der Waals surface area contributed by atoms with Gasteiger partial charge in [0, 0.05) is 43.2 Å². The summed E-state index contributed by atoms with van der Waals surface area (Å²) in [6.45, 7) is 3.05. The fourth-order valence-corrected chi connectivity index (χ4v) is 5.08. The zero-order chi connectivity index (χ0) is 24.8. The molecule has 0 bridgehead atoms. The SMILES string of the molecule is CC(=O)NC1CCN(C(=O)c2ccc3c(c2)CN(c2cccc(-c4nncn4C4CC4)n2)C3=O)CC1. The summed E-state index contributed by atoms with van der Waals surface area (Å²) < 4.78 is 2.05. The molecule has 3 aromatic rings. The van der Waals surface area contributed by atoms with Crippen LogP contribution in [0.25, 0.3) is 11.5 Å². The van der Waals surface area contributed by atoms with Crippen molar-refractivity contribution in [1.29, 1.82) is 0 Å². The molecule has 4 heterocycles. The van der Waals surface area contributed by atoms with Crippen molar-refractivity contribution in [3.05, 3.63) is 59.4 Å². The fraction of sp³-hybridized carbons (Fsp3) is 0.385. The molecule has 0 atom stereocenters. The van der Waals surface area contributed by atoms with Gasteiger partial charge in [0.05, 0.1) is 6.54 Å². The summed E-state index contributed by atoms with van der Waals surface area (Å²) in [6.07, 6.45) is 5.43. The second-order valence-electron chi connectivity index (χ2n) is 9.70. The van der Waals surface area contributed by atoms with Crippen LogP contribution >= 0.6 is 0 Å². The van der Waals surface area contributed by atoms with Gasteiger partial charge in [-0.15, -0.1) is 10.2 Å². The van der Waals surface area contributed by atoms with Crippen LogP contribution in [0.15, 0.2) is 42.7 Å². The molecular formula is C26H27N7O3. The van der Waals surface area contributed by atoms with E-state index in [0.717, 1.165) is 31.2 Å². The molecule has 36 heavy (non-hydrogen) atoms. The van der Waals surface area contributed by atoms with Crippen LogP contribution in [0.4, 0.5) is 5.82 Å². The van der Waals surface area contributed by atoms with E-state index in [-0.39, 0.29) is 23.8 Å². The Bertz CT molecular complexity index is 1360. The van der Waals surface area contributed by atoms with Crippen LogP contribution in [0.2, 0.25) is 0 Å². The van der Waals surface area contributed by atoms with Crippen molar-refractivity contribution in [3.63, 3.8) is 0 Å². The number of nitrogens with one attached hydrogen (secondary N) is 1. The molecule has 6 rings (SSSR count). The van der Waals surface area contributed by atoms with E-state index in [1.165, 1.54) is 6.92 Å². The van der Waals surface area contributed by atoms with Gasteiger partial charge in [0.1, 0.15) is 17.8 Å². The first-order valence-corrected chi connectivity index (χ1v) is 12.4. The van der Waals surface area contributed by atoms with Crippen LogP contribution in [0.3, 0.4) is 0 Å². The molecule has 2 aromatic heterocycles. The Morgan fingerprint density at radius 3 is 2.61 bits per heavy atom. The molecular weight excluding hydrogens is 458 g/mol. The van der Waals surface area contributed by atoms with Crippen molar-refractivity contribution in [1.82, 2.24) is 30.0 Å². The van der Waals surface area contributed by atoms with Gasteiger partial charge in [-0.05, 0) is 61.6 Å². The third-order valence-corrected chi connectivity index (χ3v) is 7.10. The van der Waals surface area contributed by atoms with Crippen molar-refractivity contribution < 1.29 is 14.4 Å². The Kier molecular flexibility index (Phi) is 5.50. The number of likely N-dealkylation sites (tertiary alicyclic amines) is 1. The number of hydrogen-bond acceptors (Lipinski definition) is 6. The molecule has 10 nitrogen and oxygen atoms in total. The predicted octanol–water partition coefficient (Wildman–Crippen LogP) is 2.58. The number of carbonyl (C=O) groups is 3. The minimum Gasteiger partial charge on any atom is -0.353 e. The molecule has 1 aliphatic carbocycles. The molecule has 10 heteroatoms. The summed E-state index contributed by atoms with van der Waals surface area (Å²) in [5.74, 6) is 1.03. The third-order valence-electron chi connectivity index (χ3n) is 7.10. The van der Waals surface area contributed by atoms with Gasteiger partial charge in [0.25, 0.3) is 11.8 Å². The lowest BCUT2D eigenvalue weighted by atomic mass is 10.0. The maximum atomic E-state index is 13.2. The molecule has 1 N–H and O–H groups in total. The lowest BCUT2D eigenvalue weighted by Gasteiger charge is -2.32. The molecule has 2 aliphatic heterocycles. The zero-order valence-corrected chi connectivity index (χ0v) is 20.1. The van der Waals surface area contributed by atoms with Crippen LogP contribution in [-0.4, -0.2) is 61.5 Å². The highest BCUT2D eigenvalue weighted by Gasteiger charge is 2.32. The summed E-state index contributed by atoms with van der Waals surface area (Å²) in [6, 6.07) is 11.4. The van der Waals surface area contributed by atoms with E-state index in [4.69, 9.17) is 4.98 Å². The van der Waals surface area contributed by atoms with Gasteiger partial charge in [0.2, 0.25) is 5.91 Å². The quantitative estimate of drug-likeness (QED) is 0.594. The topological polar surface area (TPSA) is 113 Å². The number of rotatable bonds is 5. The maximum Gasteiger partial charge on any atom is 0.260 e. The number of aromatic nitrogens is 4. The molecule has 1 aromatic carbocycles. The van der Waals surface area contributed by atoms with Crippen molar-refractivity contribution in [3.8, 4) is 11.5 Å². The molecule has 1 saturated heterocycles. The first-order chi connectivity index (χ1) is 17.5. The molecule has 0 unspecified atom stereocenters. The molecule has 3 aliphatic rings. The number of amides is 3. The van der Waals surface area contributed by atoms with Gasteiger partial charge in [-0.25, -0.2) is 4.98 Å². The van der Waals surface area contributed by atoms with E-state index in [2.05, 4.69) is 15.5 Å². The van der Waals surface area contributed by atoms with Crippen LogP contribution in [0.1, 0.15) is 64.9 Å². The van der Waals surface area contributed by atoms with Crippen LogP contribution < -0.4 is 10.2 Å². The van der Waals surface area contributed by atoms with Gasteiger partial charge >= 0.3 is 0 Å². The number of anilines is 1. The van der Waals surface area contributed by atoms with Crippen molar-refractivity contribution in [2.45, 2.75) is 51.2 Å². The van der Waals surface area contributed by atoms with Gasteiger partial charge < -0.3 is 14.8 Å². The van der Waals surface area contributed by atoms with E-state index >= 15 is 0 Å². The lowest BCUT2D eigenvalue weighted by Crippen LogP contribution is -2.46. The molecule has 3 amide bonds. The summed E-state index contributed by atoms with van der Waals surface area (Å²) in [5, 5.41) is 11.2. The number of nitrogens with zero attached hydrogens (tertiary/aromatic N) is 6. The van der Waals surface area contributed by atoms with Crippen molar-refractivity contribution in [2.75, 3.05) is 18.0 Å². The van der Waals surface area contributed by atoms with E-state index in [9.17, 15) is 14.4 Å². The van der Waals surface area contributed by atoms with Gasteiger partial charge in [-0.3, -0.25) is 19.3 Å². The summed E-state index contributed by atoms with van der Waals surface area (Å²) >= 11 is 0. The number of benzene rings is 1. The standard InChI is InChI=1S/C26H27N7O3/c1-16(34)28-19-9-11-31(12-10-19)25(35)17-5-8-21-18(13-17)14-32(26(21)36)23-4-2-3-22(29-23)24-30-27-15-33(24)20-6-7-20/h2-5,8,13,15,19-20H,6-7,9-12,14H2,1H3,(H,28,34). The van der Waals surface area contributed by atoms with Gasteiger partial charge in [0.15, 0.2) is 5.82 Å². The maximum absolute atomic E-state index is 13.2. The molecule has 0 spiro atoms. The summed E-state index contributed by atoms with van der Waals surface area (Å²) in [5.41, 5.74) is 2.65. The molecule has 2 fully saturated rings. The number of carbonyl (C=O) groups excluding carboxylic acids is 3. The third kappa shape index (κ3) is 4.12. The first-order valence-electron chi connectivity index (χ1n) is 12.4. The minimum absolute atomic E-state index is 0.0440. The zero-order valence-electron chi connectivity index (χ0n) is 20.1. The Morgan fingerprint density at radius 2 is 1.86 bits per heavy atom. The molecule has 184 valence electrons. The monoisotopic (exact) mass is 485 g/mol. The fourth-order valence-electron chi connectivity index (χ4n) is 5.08. The van der Waals surface area contributed by atoms with Crippen LogP contribution in [-0.2, 0) is 11.3 Å². The predicted molar refractivity (Wildman–Crippen MR) is 131 cm³/mol. The number of fused-ring (bicyclic) bond motifs is 1. The average molecular weight is 486 g/mol. The minimum atomic E-state index is -0.131. The largest absolute Gasteiger partial charge is 0.353 e. The van der Waals surface area contributed by atoms with E-state index in [0.29, 0.717) is 54.1 Å². The highest BCUT2D eigenvalue weighted by atomic mass is 16.2. The Morgan fingerprint density at radius 1 is 1.06 bits per heavy atom. The average Bonchev–Trinajstić information content (AvgIpc) is 3.52. The Hall–Kier alpha value is -4.08. The lowest BCUT2D eigenvalue weighted by molar-refractivity contribution is -0.119. The van der Waals surface area contributed by atoms with E-state index in [1.54, 1.807) is 23.4 Å². The Labute approximate surface area is 208 Å². The molecule has 0 radical (unpaired) electrons. The number of hydrogen-bond donors (Lipinski definition) is 1. The normalized spacial score (nSPS) is 17.9. The van der Waals surface area contributed by atoms with Crippen molar-refractivity contribution in [2.24, 2.45) is 0 Å². The summed E-state index contributed by atoms with van der Waals surface area (Å²) in [7, 11) is 0. The van der Waals surface area contributed by atoms with Gasteiger partial charge in [-0.2, -0.15) is 0 Å². The highest BCUT2D eigenvalue weighted by Crippen LogP contribution is 2.37. The van der Waals surface area contributed by atoms with Crippen molar-refractivity contribution >= 4 is 23.5 Å². The second-order valence-corrected chi connectivity index (χ2v) is 9.70. The van der Waals surface area contributed by atoms with E-state index in [1.807, 2.05) is 33.7 Å². The smallest absolute Gasteiger partial charge is 0.260 e. The van der Waals surface area contributed by atoms with E-state index < -0.39 is 0 Å². The Balaban J connectivity index is 1.19. The van der Waals surface area contributed by atoms with Crippen LogP contribution in [0.5, 0.6) is 0 Å². The number of pyridine rings is 1. The number of piperidine rings is 1. The van der Waals surface area contributed by atoms with Crippen LogP contribution in [0, 0.1) is 0 Å². The van der Waals surface area contributed by atoms with Gasteiger partial charge in [-0.1, -0.05) is 6.07 Å². The summed E-state index contributed by atoms with van der Waals surface area (Å²) in [4.78, 5) is 45.8. The molecule has 1 saturated carbocycles. The highest BCUT2D eigenvalue weighted by molar-refractivity contribution is 6.10.